The zero-order valence-corrected chi connectivity index (χ0v) is 71.9. The molecule has 6 aromatic rings. The largest absolute Gasteiger partial charge is 0.395 e. The SMILES string of the molecule is CC1=CCNCC1.CC1CCNCC1.CN1CCCCC1.CN1CCNCC1.CN1CCOCC1.CN1CCSCC1.Cc1cc(C)nc(C)c1.Cc1cc(Cl)cc(Cl)c1.Cc1ccc(CN)cc1.Cc1cccc(C)c1C.Cc1cccc(CN(CCO)CCO)c1.Cc1cccc(CN2CCOCC2)c1. The van der Waals surface area contributed by atoms with Gasteiger partial charge in [0.25, 0.3) is 0 Å². The molecule has 1 aromatic heterocycles. The summed E-state index contributed by atoms with van der Waals surface area (Å²) in [4.78, 5) is 18.1. The van der Waals surface area contributed by atoms with E-state index >= 15 is 0 Å². The van der Waals surface area contributed by atoms with Gasteiger partial charge in [-0.1, -0.05) is 156 Å². The van der Waals surface area contributed by atoms with Crippen molar-refractivity contribution in [3.63, 3.8) is 0 Å². The first-order valence-electron chi connectivity index (χ1n) is 39.5. The number of aromatic nitrogens is 1. The van der Waals surface area contributed by atoms with Crippen LogP contribution in [0, 0.1) is 75.2 Å². The number of pyridine rings is 1. The molecule has 18 heteroatoms. The van der Waals surface area contributed by atoms with Crippen LogP contribution in [0.15, 0.2) is 133 Å². The molecule has 0 bridgehead atoms. The summed E-state index contributed by atoms with van der Waals surface area (Å²) in [5.74, 6) is 3.63. The van der Waals surface area contributed by atoms with Crippen molar-refractivity contribution >= 4 is 35.0 Å². The number of piperidine rings is 2. The number of nitrogens with zero attached hydrogens (tertiary/aromatic N) is 7. The summed E-state index contributed by atoms with van der Waals surface area (Å²) in [6.45, 7) is 51.8. The topological polar surface area (TPSA) is 153 Å². The lowest BCUT2D eigenvalue weighted by Gasteiger charge is -2.26. The number of thioether (sulfide) groups is 1. The predicted octanol–water partition coefficient (Wildman–Crippen LogP) is 15.2. The van der Waals surface area contributed by atoms with E-state index in [0.717, 1.165) is 108 Å². The summed E-state index contributed by atoms with van der Waals surface area (Å²) in [5, 5.41) is 29.0. The number of hydrogen-bond donors (Lipinski definition) is 6. The molecular weight excluding hydrogens is 1390 g/mol. The zero-order valence-electron chi connectivity index (χ0n) is 69.5. The Labute approximate surface area is 666 Å². The molecule has 6 fully saturated rings. The number of aryl methyl sites for hydroxylation is 9. The van der Waals surface area contributed by atoms with Crippen LogP contribution >= 0.6 is 35.0 Å². The number of likely N-dealkylation sites (tertiary alicyclic amines) is 1. The van der Waals surface area contributed by atoms with Gasteiger partial charge in [-0.25, -0.2) is 0 Å². The fourth-order valence-corrected chi connectivity index (χ4v) is 13.4. The molecule has 7 N–H and O–H groups in total. The normalized spacial score (nSPS) is 16.9. The number of nitrogens with two attached hydrogens (primary N) is 1. The first-order valence-corrected chi connectivity index (χ1v) is 41.4. The van der Waals surface area contributed by atoms with Gasteiger partial charge < -0.3 is 61.0 Å². The molecular formula is C89H147Cl2N11O4S. The molecule has 5 aromatic carbocycles. The standard InChI is InChI=1S/C12H19NO2.C12H17NO.C9H12.2C8H11N.C7H6Cl2.C6H13N.C6H11N.C6H13N.C5H12N2.C5H11NO.C5H11NS/c1-11-3-2-4-12(9-11)10-13(5-7-14)6-8-15;1-11-3-2-4-12(9-11)10-13-5-7-14-8-6-13;1-7-5-4-6-8(2)9(7)3;1-6-4-7(2)9-8(3)5-6;1-7-2-4-8(6-9)5-3-7;1-5-2-6(8)4-7(9)3-5;2*1-6-2-4-7-5-3-6;1-7-5-3-2-4-6-7;1-7-4-2-6-3-5-7;2*1-6-2-4-7-5-3-6/h2-4,9,14-15H,5-8,10H2,1H3;2-4,9H,5-8,10H2,1H3;4-6H,1-3H3;4-5H,1-3H3;2-5H,6,9H2,1H3;2-4H,1H3;6-7H,2-5H2,1H3;2,7H,3-5H2,1H3;2-6H2,1H3;6H,2-5H2,1H3;2*2-5H2,1H3. The highest BCUT2D eigenvalue weighted by Gasteiger charge is 2.12. The van der Waals surface area contributed by atoms with Crippen molar-refractivity contribution in [2.24, 2.45) is 11.7 Å². The molecule has 0 amide bonds. The van der Waals surface area contributed by atoms with E-state index < -0.39 is 0 Å². The Morgan fingerprint density at radius 2 is 0.972 bits per heavy atom. The lowest BCUT2D eigenvalue weighted by molar-refractivity contribution is 0.0342. The summed E-state index contributed by atoms with van der Waals surface area (Å²) < 4.78 is 10.4. The Morgan fingerprint density at radius 3 is 1.35 bits per heavy atom. The second-order valence-electron chi connectivity index (χ2n) is 29.4. The third-order valence-electron chi connectivity index (χ3n) is 18.7. The smallest absolute Gasteiger partial charge is 0.0594 e. The van der Waals surface area contributed by atoms with Gasteiger partial charge >= 0.3 is 0 Å². The van der Waals surface area contributed by atoms with Gasteiger partial charge in [0.2, 0.25) is 0 Å². The van der Waals surface area contributed by atoms with Crippen molar-refractivity contribution in [2.75, 3.05) is 197 Å². The van der Waals surface area contributed by atoms with Crippen molar-refractivity contribution in [3.05, 3.63) is 216 Å². The van der Waals surface area contributed by atoms with Gasteiger partial charge in [0.15, 0.2) is 0 Å². The molecule has 0 atom stereocenters. The average Bonchev–Trinajstić information content (AvgIpc) is 0.937. The number of piperazine rings is 1. The summed E-state index contributed by atoms with van der Waals surface area (Å²) >= 11 is 13.4. The number of halogens is 2. The number of aliphatic hydroxyl groups excluding tert-OH is 2. The molecule has 6 saturated heterocycles. The van der Waals surface area contributed by atoms with Crippen molar-refractivity contribution in [2.45, 2.75) is 141 Å². The van der Waals surface area contributed by atoms with Crippen molar-refractivity contribution in [1.82, 2.24) is 50.3 Å². The molecule has 15 nitrogen and oxygen atoms in total. The van der Waals surface area contributed by atoms with E-state index in [0.29, 0.717) is 29.7 Å². The Morgan fingerprint density at radius 1 is 0.495 bits per heavy atom. The van der Waals surface area contributed by atoms with Gasteiger partial charge in [-0.05, 0) is 250 Å². The second kappa shape index (κ2) is 62.9. The molecule has 0 spiro atoms. The van der Waals surface area contributed by atoms with Crippen LogP contribution in [0.3, 0.4) is 0 Å². The van der Waals surface area contributed by atoms with Gasteiger partial charge in [0.1, 0.15) is 0 Å². The number of benzene rings is 5. The highest BCUT2D eigenvalue weighted by molar-refractivity contribution is 7.99. The fraction of sp³-hybridized carbons (Fsp3) is 0.584. The fourth-order valence-electron chi connectivity index (χ4n) is 11.6. The van der Waals surface area contributed by atoms with Crippen LogP contribution in [-0.4, -0.2) is 242 Å². The number of nitrogens with one attached hydrogen (secondary N) is 3. The van der Waals surface area contributed by atoms with E-state index in [1.54, 1.807) is 6.07 Å². The van der Waals surface area contributed by atoms with Crippen molar-refractivity contribution in [1.29, 1.82) is 0 Å². The van der Waals surface area contributed by atoms with Gasteiger partial charge in [0, 0.05) is 138 Å². The summed E-state index contributed by atoms with van der Waals surface area (Å²) in [7, 11) is 8.64. The van der Waals surface area contributed by atoms with Crippen molar-refractivity contribution < 1.29 is 19.7 Å². The number of rotatable bonds is 9. The van der Waals surface area contributed by atoms with Gasteiger partial charge in [-0.3, -0.25) is 14.8 Å². The Bertz CT molecular complexity index is 2900. The maximum absolute atomic E-state index is 8.87. The van der Waals surface area contributed by atoms with Crippen LogP contribution in [0.4, 0.5) is 0 Å². The van der Waals surface area contributed by atoms with E-state index in [9.17, 15) is 0 Å². The number of morpholine rings is 2. The van der Waals surface area contributed by atoms with Crippen molar-refractivity contribution in [3.8, 4) is 0 Å². The number of hydrogen-bond acceptors (Lipinski definition) is 16. The van der Waals surface area contributed by atoms with Crippen LogP contribution < -0.4 is 21.7 Å². The van der Waals surface area contributed by atoms with E-state index in [2.05, 4.69) is 251 Å². The number of likely N-dealkylation sites (N-methyl/N-ethyl adjacent to an activating group) is 2. The molecule has 0 aliphatic carbocycles. The molecule has 7 aliphatic rings. The summed E-state index contributed by atoms with van der Waals surface area (Å²) in [6.07, 6.45) is 10.5. The first-order chi connectivity index (χ1) is 51.4. The van der Waals surface area contributed by atoms with E-state index in [1.807, 2.05) is 43.9 Å². The Kier molecular flexibility index (Phi) is 57.9. The van der Waals surface area contributed by atoms with Crippen LogP contribution in [-0.2, 0) is 29.1 Å². The van der Waals surface area contributed by atoms with Gasteiger partial charge in [-0.2, -0.15) is 11.8 Å². The Hall–Kier alpha value is -4.64. The monoisotopic (exact) mass is 1540 g/mol. The first kappa shape index (κ1) is 98.4. The minimum absolute atomic E-state index is 0.131. The Balaban J connectivity index is 0.000000400. The van der Waals surface area contributed by atoms with Crippen LogP contribution in [0.1, 0.15) is 125 Å². The van der Waals surface area contributed by atoms with E-state index in [1.165, 1.54) is 170 Å². The van der Waals surface area contributed by atoms with Gasteiger partial charge in [0.05, 0.1) is 39.6 Å². The predicted molar refractivity (Wildman–Crippen MR) is 465 cm³/mol. The lowest BCUT2D eigenvalue weighted by Crippen LogP contribution is -2.40. The lowest BCUT2D eigenvalue weighted by atomic mass is 10.0. The molecule has 0 radical (unpaired) electrons. The molecule has 0 saturated carbocycles. The molecule has 8 heterocycles. The quantitative estimate of drug-likeness (QED) is 0.0761. The highest BCUT2D eigenvalue weighted by atomic mass is 35.5. The molecule has 107 heavy (non-hydrogen) atoms. The molecule has 0 unspecified atom stereocenters. The third-order valence-corrected chi connectivity index (χ3v) is 20.1. The van der Waals surface area contributed by atoms with Crippen LogP contribution in [0.25, 0.3) is 0 Å². The molecule has 13 rings (SSSR count). The van der Waals surface area contributed by atoms with E-state index in [4.69, 9.17) is 48.6 Å². The van der Waals surface area contributed by atoms with Crippen LogP contribution in [0.2, 0.25) is 10.0 Å². The van der Waals surface area contributed by atoms with Gasteiger partial charge in [-0.15, -0.1) is 0 Å². The molecule has 602 valence electrons. The average molecular weight is 1540 g/mol. The number of aliphatic hydroxyl groups is 2. The minimum Gasteiger partial charge on any atom is -0.395 e. The molecule has 7 aliphatic heterocycles. The maximum Gasteiger partial charge on any atom is 0.0594 e. The summed E-state index contributed by atoms with van der Waals surface area (Å²) in [6, 6.07) is 41.2. The number of ether oxygens (including phenoxy) is 2. The minimum atomic E-state index is 0.131. The summed E-state index contributed by atoms with van der Waals surface area (Å²) in [5.41, 5.74) is 23.4. The third kappa shape index (κ3) is 54.6. The van der Waals surface area contributed by atoms with Crippen LogP contribution in [0.5, 0.6) is 0 Å². The van der Waals surface area contributed by atoms with E-state index in [-0.39, 0.29) is 13.2 Å². The maximum atomic E-state index is 8.87. The second-order valence-corrected chi connectivity index (χ2v) is 31.5. The zero-order chi connectivity index (χ0) is 78.8. The highest BCUT2D eigenvalue weighted by Crippen LogP contribution is 2.18.